The van der Waals surface area contributed by atoms with Crippen LogP contribution in [0.15, 0.2) is 41.4 Å². The molecule has 148 valence electrons. The maximum Gasteiger partial charge on any atom is 0.222 e. The number of piperidine rings is 1. The van der Waals surface area contributed by atoms with Gasteiger partial charge in [0.1, 0.15) is 4.90 Å². The SMILES string of the molecule is CS(=O)(=O)c1cnc(NCCCc2ccccc2)nc1C1CCCNC1.Cl. The van der Waals surface area contributed by atoms with Crippen LogP contribution in [0, 0.1) is 0 Å². The van der Waals surface area contributed by atoms with Crippen LogP contribution in [0.4, 0.5) is 5.95 Å². The van der Waals surface area contributed by atoms with Crippen molar-refractivity contribution in [2.45, 2.75) is 36.5 Å². The van der Waals surface area contributed by atoms with E-state index in [1.807, 2.05) is 18.2 Å². The van der Waals surface area contributed by atoms with Crippen LogP contribution in [0.2, 0.25) is 0 Å². The van der Waals surface area contributed by atoms with Gasteiger partial charge in [0.25, 0.3) is 0 Å². The Morgan fingerprint density at radius 2 is 2.04 bits per heavy atom. The molecule has 0 spiro atoms. The monoisotopic (exact) mass is 410 g/mol. The lowest BCUT2D eigenvalue weighted by Crippen LogP contribution is -2.30. The Morgan fingerprint density at radius 1 is 1.26 bits per heavy atom. The van der Waals surface area contributed by atoms with E-state index in [1.165, 1.54) is 18.0 Å². The van der Waals surface area contributed by atoms with Gasteiger partial charge in [-0.15, -0.1) is 12.4 Å². The normalized spacial score (nSPS) is 17.1. The van der Waals surface area contributed by atoms with Gasteiger partial charge in [0.2, 0.25) is 5.95 Å². The molecule has 0 radical (unpaired) electrons. The number of halogens is 1. The number of anilines is 1. The van der Waals surface area contributed by atoms with E-state index in [9.17, 15) is 8.42 Å². The number of aryl methyl sites for hydroxylation is 1. The smallest absolute Gasteiger partial charge is 0.222 e. The third-order valence-electron chi connectivity index (χ3n) is 4.63. The van der Waals surface area contributed by atoms with Crippen molar-refractivity contribution in [3.05, 3.63) is 47.8 Å². The summed E-state index contributed by atoms with van der Waals surface area (Å²) in [4.78, 5) is 9.04. The molecule has 2 heterocycles. The summed E-state index contributed by atoms with van der Waals surface area (Å²) in [5, 5.41) is 6.56. The van der Waals surface area contributed by atoms with Gasteiger partial charge in [0.05, 0.1) is 11.9 Å². The van der Waals surface area contributed by atoms with Gasteiger partial charge in [0.15, 0.2) is 9.84 Å². The zero-order chi connectivity index (χ0) is 18.4. The molecule has 0 aliphatic carbocycles. The molecule has 6 nitrogen and oxygen atoms in total. The van der Waals surface area contributed by atoms with E-state index in [1.54, 1.807) is 0 Å². The number of sulfone groups is 1. The number of rotatable bonds is 7. The van der Waals surface area contributed by atoms with Crippen molar-refractivity contribution in [3.63, 3.8) is 0 Å². The highest BCUT2D eigenvalue weighted by Gasteiger charge is 2.25. The van der Waals surface area contributed by atoms with Crippen molar-refractivity contribution in [1.82, 2.24) is 15.3 Å². The van der Waals surface area contributed by atoms with Gasteiger partial charge in [-0.3, -0.25) is 0 Å². The van der Waals surface area contributed by atoms with E-state index in [2.05, 4.69) is 32.7 Å². The fourth-order valence-corrected chi connectivity index (χ4v) is 4.11. The Balaban J connectivity index is 0.00000261. The molecule has 1 fully saturated rings. The van der Waals surface area contributed by atoms with Gasteiger partial charge < -0.3 is 10.6 Å². The number of nitrogens with zero attached hydrogens (tertiary/aromatic N) is 2. The van der Waals surface area contributed by atoms with Crippen molar-refractivity contribution in [3.8, 4) is 0 Å². The van der Waals surface area contributed by atoms with Gasteiger partial charge in [0, 0.05) is 25.3 Å². The van der Waals surface area contributed by atoms with Gasteiger partial charge in [-0.1, -0.05) is 30.3 Å². The molecule has 27 heavy (non-hydrogen) atoms. The third-order valence-corrected chi connectivity index (χ3v) is 5.75. The third kappa shape index (κ3) is 6.16. The molecule has 1 aliphatic rings. The molecule has 2 N–H and O–H groups in total. The molecule has 0 amide bonds. The summed E-state index contributed by atoms with van der Waals surface area (Å²) in [6.45, 7) is 2.48. The van der Waals surface area contributed by atoms with Crippen LogP contribution in [-0.2, 0) is 16.3 Å². The van der Waals surface area contributed by atoms with Gasteiger partial charge >= 0.3 is 0 Å². The maximum absolute atomic E-state index is 12.1. The lowest BCUT2D eigenvalue weighted by molar-refractivity contribution is 0.448. The van der Waals surface area contributed by atoms with Gasteiger partial charge in [-0.25, -0.2) is 18.4 Å². The first-order valence-electron chi connectivity index (χ1n) is 9.09. The first kappa shape index (κ1) is 21.6. The van der Waals surface area contributed by atoms with Crippen molar-refractivity contribution >= 4 is 28.2 Å². The van der Waals surface area contributed by atoms with Crippen molar-refractivity contribution in [1.29, 1.82) is 0 Å². The minimum atomic E-state index is -3.34. The Kier molecular flexibility index (Phi) is 8.01. The summed E-state index contributed by atoms with van der Waals surface area (Å²) in [6.07, 6.45) is 6.58. The average molecular weight is 411 g/mol. The second-order valence-electron chi connectivity index (χ2n) is 6.77. The number of nitrogens with one attached hydrogen (secondary N) is 2. The van der Waals surface area contributed by atoms with E-state index in [-0.39, 0.29) is 23.2 Å². The highest BCUT2D eigenvalue weighted by Crippen LogP contribution is 2.27. The number of aromatic nitrogens is 2. The van der Waals surface area contributed by atoms with Crippen LogP contribution in [0.1, 0.15) is 36.4 Å². The first-order valence-corrected chi connectivity index (χ1v) is 11.0. The highest BCUT2D eigenvalue weighted by atomic mass is 35.5. The lowest BCUT2D eigenvalue weighted by Gasteiger charge is -2.24. The van der Waals surface area contributed by atoms with E-state index in [4.69, 9.17) is 0 Å². The van der Waals surface area contributed by atoms with E-state index < -0.39 is 9.84 Å². The number of benzene rings is 1. The molecule has 0 bridgehead atoms. The summed E-state index contributed by atoms with van der Waals surface area (Å²) in [6, 6.07) is 10.3. The van der Waals surface area contributed by atoms with Crippen molar-refractivity contribution in [2.24, 2.45) is 0 Å². The second-order valence-corrected chi connectivity index (χ2v) is 8.76. The van der Waals surface area contributed by atoms with Crippen LogP contribution < -0.4 is 10.6 Å². The summed E-state index contributed by atoms with van der Waals surface area (Å²) in [5.74, 6) is 0.618. The molecule has 2 aromatic rings. The Bertz CT molecular complexity index is 825. The van der Waals surface area contributed by atoms with Crippen molar-refractivity contribution < 1.29 is 8.42 Å². The standard InChI is InChI=1S/C19H26N4O2S.ClH/c1-26(24,25)17-14-22-19(23-18(17)16-10-6-11-20-13-16)21-12-5-9-15-7-3-2-4-8-15;/h2-4,7-8,14,16,20H,5-6,9-13H2,1H3,(H,21,22,23);1H. The van der Waals surface area contributed by atoms with E-state index in [0.29, 0.717) is 11.6 Å². The predicted octanol–water partition coefficient (Wildman–Crippen LogP) is 2.81. The Hall–Kier alpha value is -1.70. The maximum atomic E-state index is 12.1. The molecule has 8 heteroatoms. The van der Waals surface area contributed by atoms with Gasteiger partial charge in [-0.2, -0.15) is 0 Å². The predicted molar refractivity (Wildman–Crippen MR) is 110 cm³/mol. The molecular weight excluding hydrogens is 384 g/mol. The summed E-state index contributed by atoms with van der Waals surface area (Å²) >= 11 is 0. The topological polar surface area (TPSA) is 84.0 Å². The van der Waals surface area contributed by atoms with E-state index >= 15 is 0 Å². The minimum absolute atomic E-state index is 0. The molecule has 1 saturated heterocycles. The first-order chi connectivity index (χ1) is 12.5. The molecular formula is C19H27ClN4O2S. The Labute approximate surface area is 167 Å². The fourth-order valence-electron chi connectivity index (χ4n) is 3.27. The quantitative estimate of drug-likeness (QED) is 0.683. The largest absolute Gasteiger partial charge is 0.354 e. The fraction of sp³-hybridized carbons (Fsp3) is 0.474. The van der Waals surface area contributed by atoms with E-state index in [0.717, 1.165) is 45.3 Å². The highest BCUT2D eigenvalue weighted by molar-refractivity contribution is 7.90. The lowest BCUT2D eigenvalue weighted by atomic mass is 9.96. The molecule has 1 atom stereocenters. The molecule has 1 aliphatic heterocycles. The summed E-state index contributed by atoms with van der Waals surface area (Å²) < 4.78 is 24.2. The zero-order valence-electron chi connectivity index (χ0n) is 15.5. The molecule has 1 aromatic heterocycles. The minimum Gasteiger partial charge on any atom is -0.354 e. The summed E-state index contributed by atoms with van der Waals surface area (Å²) in [7, 11) is -3.34. The zero-order valence-corrected chi connectivity index (χ0v) is 17.2. The molecule has 0 saturated carbocycles. The molecule has 3 rings (SSSR count). The van der Waals surface area contributed by atoms with Crippen LogP contribution in [0.5, 0.6) is 0 Å². The summed E-state index contributed by atoms with van der Waals surface area (Å²) in [5.41, 5.74) is 1.94. The number of hydrogen-bond donors (Lipinski definition) is 2. The van der Waals surface area contributed by atoms with Crippen LogP contribution in [-0.4, -0.2) is 44.3 Å². The van der Waals surface area contributed by atoms with Crippen LogP contribution >= 0.6 is 12.4 Å². The van der Waals surface area contributed by atoms with Gasteiger partial charge in [-0.05, 0) is 37.8 Å². The van der Waals surface area contributed by atoms with Crippen LogP contribution in [0.3, 0.4) is 0 Å². The van der Waals surface area contributed by atoms with Crippen molar-refractivity contribution in [2.75, 3.05) is 31.2 Å². The Morgan fingerprint density at radius 3 is 2.70 bits per heavy atom. The second kappa shape index (κ2) is 10.0. The molecule has 1 unspecified atom stereocenters. The van der Waals surface area contributed by atoms with Crippen LogP contribution in [0.25, 0.3) is 0 Å². The average Bonchev–Trinajstić information content (AvgIpc) is 2.66. The molecule has 1 aromatic carbocycles. The number of hydrogen-bond acceptors (Lipinski definition) is 6.